The van der Waals surface area contributed by atoms with Gasteiger partial charge in [-0.1, -0.05) is 54.4 Å². The average Bonchev–Trinajstić information content (AvgIpc) is 2.55. The molecular weight excluding hydrogens is 351 g/mol. The SMILES string of the molecule is CC(=O)C1CCC(c2ccc(C)cc2Cl)C(c2ccc(Cl)cc2)C1C. The predicted octanol–water partition coefficient (Wildman–Crippen LogP) is 6.80. The Morgan fingerprint density at radius 2 is 1.72 bits per heavy atom. The second kappa shape index (κ2) is 7.51. The van der Waals surface area contributed by atoms with E-state index in [-0.39, 0.29) is 17.8 Å². The Kier molecular flexibility index (Phi) is 5.55. The van der Waals surface area contributed by atoms with Crippen molar-refractivity contribution in [3.8, 4) is 0 Å². The molecule has 132 valence electrons. The first-order valence-corrected chi connectivity index (χ1v) is 9.66. The number of hydrogen-bond acceptors (Lipinski definition) is 1. The summed E-state index contributed by atoms with van der Waals surface area (Å²) in [6, 6.07) is 14.4. The molecule has 25 heavy (non-hydrogen) atoms. The molecule has 1 saturated carbocycles. The van der Waals surface area contributed by atoms with Gasteiger partial charge in [-0.3, -0.25) is 4.79 Å². The minimum atomic E-state index is 0.112. The van der Waals surface area contributed by atoms with E-state index in [1.54, 1.807) is 6.92 Å². The van der Waals surface area contributed by atoms with Gasteiger partial charge < -0.3 is 0 Å². The van der Waals surface area contributed by atoms with Crippen LogP contribution in [0.5, 0.6) is 0 Å². The van der Waals surface area contributed by atoms with E-state index < -0.39 is 0 Å². The molecule has 2 aromatic carbocycles. The molecule has 0 spiro atoms. The van der Waals surface area contributed by atoms with Crippen molar-refractivity contribution in [3.63, 3.8) is 0 Å². The maximum absolute atomic E-state index is 12.1. The molecule has 1 aliphatic rings. The third kappa shape index (κ3) is 3.78. The molecule has 2 aromatic rings. The molecule has 4 unspecified atom stereocenters. The van der Waals surface area contributed by atoms with Crippen LogP contribution < -0.4 is 0 Å². The largest absolute Gasteiger partial charge is 0.300 e. The number of Topliss-reactive ketones (excluding diaryl/α,β-unsaturated/α-hetero) is 1. The van der Waals surface area contributed by atoms with E-state index in [0.717, 1.165) is 22.9 Å². The minimum Gasteiger partial charge on any atom is -0.300 e. The Morgan fingerprint density at radius 3 is 2.32 bits per heavy atom. The Morgan fingerprint density at radius 1 is 1.04 bits per heavy atom. The topological polar surface area (TPSA) is 17.1 Å². The van der Waals surface area contributed by atoms with Crippen LogP contribution in [0.25, 0.3) is 0 Å². The molecule has 0 aliphatic heterocycles. The lowest BCUT2D eigenvalue weighted by Crippen LogP contribution is -2.34. The fraction of sp³-hybridized carbons (Fsp3) is 0.409. The molecule has 1 fully saturated rings. The van der Waals surface area contributed by atoms with Crippen LogP contribution in [0.4, 0.5) is 0 Å². The van der Waals surface area contributed by atoms with Crippen LogP contribution >= 0.6 is 23.2 Å². The summed E-state index contributed by atoms with van der Waals surface area (Å²) in [4.78, 5) is 12.1. The monoisotopic (exact) mass is 374 g/mol. The third-order valence-corrected chi connectivity index (χ3v) is 6.34. The van der Waals surface area contributed by atoms with Gasteiger partial charge in [0.15, 0.2) is 0 Å². The molecule has 0 bridgehead atoms. The summed E-state index contributed by atoms with van der Waals surface area (Å²) in [5, 5.41) is 1.57. The summed E-state index contributed by atoms with van der Waals surface area (Å²) < 4.78 is 0. The van der Waals surface area contributed by atoms with Crippen LogP contribution in [0.1, 0.15) is 55.2 Å². The van der Waals surface area contributed by atoms with Gasteiger partial charge in [0.05, 0.1) is 0 Å². The Labute approximate surface area is 160 Å². The van der Waals surface area contributed by atoms with Gasteiger partial charge in [0, 0.05) is 16.0 Å². The first-order chi connectivity index (χ1) is 11.9. The molecule has 4 atom stereocenters. The van der Waals surface area contributed by atoms with Crippen LogP contribution in [0, 0.1) is 18.8 Å². The normalized spacial score (nSPS) is 26.4. The molecular formula is C22H24Cl2O. The van der Waals surface area contributed by atoms with Crippen molar-refractivity contribution < 1.29 is 4.79 Å². The number of carbonyl (C=O) groups excluding carboxylic acids is 1. The van der Waals surface area contributed by atoms with E-state index in [1.165, 1.54) is 16.7 Å². The fourth-order valence-electron chi connectivity index (χ4n) is 4.49. The van der Waals surface area contributed by atoms with Gasteiger partial charge in [0.25, 0.3) is 0 Å². The maximum Gasteiger partial charge on any atom is 0.133 e. The lowest BCUT2D eigenvalue weighted by Gasteiger charge is -2.42. The molecule has 0 aromatic heterocycles. The zero-order chi connectivity index (χ0) is 18.1. The van der Waals surface area contributed by atoms with Crippen LogP contribution in [-0.2, 0) is 4.79 Å². The summed E-state index contributed by atoms with van der Waals surface area (Å²) >= 11 is 12.7. The first kappa shape index (κ1) is 18.5. The van der Waals surface area contributed by atoms with E-state index in [1.807, 2.05) is 18.2 Å². The number of ketones is 1. The van der Waals surface area contributed by atoms with Gasteiger partial charge in [0.2, 0.25) is 0 Å². The molecule has 0 radical (unpaired) electrons. The molecule has 3 rings (SSSR count). The van der Waals surface area contributed by atoms with Gasteiger partial charge >= 0.3 is 0 Å². The highest BCUT2D eigenvalue weighted by atomic mass is 35.5. The van der Waals surface area contributed by atoms with Crippen molar-refractivity contribution in [1.29, 1.82) is 0 Å². The Bertz CT molecular complexity index is 766. The van der Waals surface area contributed by atoms with Crippen molar-refractivity contribution in [2.45, 2.75) is 45.4 Å². The molecule has 0 saturated heterocycles. The second-order valence-electron chi connectivity index (χ2n) is 7.36. The summed E-state index contributed by atoms with van der Waals surface area (Å²) in [5.74, 6) is 1.26. The highest BCUT2D eigenvalue weighted by molar-refractivity contribution is 6.31. The van der Waals surface area contributed by atoms with E-state index >= 15 is 0 Å². The highest BCUT2D eigenvalue weighted by Crippen LogP contribution is 2.51. The van der Waals surface area contributed by atoms with Crippen LogP contribution in [0.3, 0.4) is 0 Å². The van der Waals surface area contributed by atoms with Crippen molar-refractivity contribution in [2.24, 2.45) is 11.8 Å². The van der Waals surface area contributed by atoms with Gasteiger partial charge in [-0.25, -0.2) is 0 Å². The van der Waals surface area contributed by atoms with Gasteiger partial charge in [-0.15, -0.1) is 0 Å². The average molecular weight is 375 g/mol. The van der Waals surface area contributed by atoms with Gasteiger partial charge in [-0.05, 0) is 79.3 Å². The number of carbonyl (C=O) groups is 1. The molecule has 3 heteroatoms. The number of rotatable bonds is 3. The number of benzene rings is 2. The molecule has 0 heterocycles. The van der Waals surface area contributed by atoms with E-state index in [0.29, 0.717) is 11.7 Å². The predicted molar refractivity (Wildman–Crippen MR) is 106 cm³/mol. The lowest BCUT2D eigenvalue weighted by molar-refractivity contribution is -0.123. The van der Waals surface area contributed by atoms with Crippen molar-refractivity contribution >= 4 is 29.0 Å². The van der Waals surface area contributed by atoms with Crippen LogP contribution in [-0.4, -0.2) is 5.78 Å². The molecule has 0 amide bonds. The van der Waals surface area contributed by atoms with Crippen molar-refractivity contribution in [1.82, 2.24) is 0 Å². The van der Waals surface area contributed by atoms with Crippen LogP contribution in [0.2, 0.25) is 10.0 Å². The number of halogens is 2. The lowest BCUT2D eigenvalue weighted by atomic mass is 9.62. The zero-order valence-corrected chi connectivity index (χ0v) is 16.4. The second-order valence-corrected chi connectivity index (χ2v) is 8.21. The quantitative estimate of drug-likeness (QED) is 0.576. The Hall–Kier alpha value is -1.31. The van der Waals surface area contributed by atoms with Crippen molar-refractivity contribution in [2.75, 3.05) is 0 Å². The van der Waals surface area contributed by atoms with Crippen LogP contribution in [0.15, 0.2) is 42.5 Å². The fourth-order valence-corrected chi connectivity index (χ4v) is 5.00. The van der Waals surface area contributed by atoms with E-state index in [9.17, 15) is 4.79 Å². The summed E-state index contributed by atoms with van der Waals surface area (Å²) in [7, 11) is 0. The van der Waals surface area contributed by atoms with E-state index in [4.69, 9.17) is 23.2 Å². The van der Waals surface area contributed by atoms with Gasteiger partial charge in [0.1, 0.15) is 5.78 Å². The zero-order valence-electron chi connectivity index (χ0n) is 14.9. The smallest absolute Gasteiger partial charge is 0.133 e. The molecule has 1 nitrogen and oxygen atoms in total. The summed E-state index contributed by atoms with van der Waals surface area (Å²) in [6.45, 7) is 5.99. The highest BCUT2D eigenvalue weighted by Gasteiger charge is 2.40. The minimum absolute atomic E-state index is 0.112. The summed E-state index contributed by atoms with van der Waals surface area (Å²) in [6.07, 6.45) is 1.90. The molecule has 0 N–H and O–H groups in total. The standard InChI is InChI=1S/C22H24Cl2O/c1-13-4-9-19(21(24)12-13)20-11-10-18(15(3)25)14(2)22(20)16-5-7-17(23)8-6-16/h4-9,12,14,18,20,22H,10-11H2,1-3H3. The molecule has 1 aliphatic carbocycles. The van der Waals surface area contributed by atoms with Gasteiger partial charge in [-0.2, -0.15) is 0 Å². The maximum atomic E-state index is 12.1. The third-order valence-electron chi connectivity index (χ3n) is 5.76. The summed E-state index contributed by atoms with van der Waals surface area (Å²) in [5.41, 5.74) is 3.60. The number of aryl methyl sites for hydroxylation is 1. The van der Waals surface area contributed by atoms with E-state index in [2.05, 4.69) is 38.1 Å². The first-order valence-electron chi connectivity index (χ1n) is 8.90. The Balaban J connectivity index is 2.06. The van der Waals surface area contributed by atoms with Crippen molar-refractivity contribution in [3.05, 3.63) is 69.2 Å². The number of hydrogen-bond donors (Lipinski definition) is 0.